The number of ether oxygens (including phenoxy) is 1. The molecule has 6 nitrogen and oxygen atoms in total. The Bertz CT molecular complexity index is 1020. The minimum atomic E-state index is -4.49. The summed E-state index contributed by atoms with van der Waals surface area (Å²) in [5.41, 5.74) is -0.670. The van der Waals surface area contributed by atoms with Crippen molar-refractivity contribution in [1.29, 1.82) is 0 Å². The number of furan rings is 1. The zero-order valence-electron chi connectivity index (χ0n) is 15.5. The lowest BCUT2D eigenvalue weighted by Gasteiger charge is -2.09. The van der Waals surface area contributed by atoms with Crippen LogP contribution in [0.4, 0.5) is 32.6 Å². The van der Waals surface area contributed by atoms with Crippen molar-refractivity contribution in [3.05, 3.63) is 71.3 Å². The van der Waals surface area contributed by atoms with Crippen LogP contribution in [0.3, 0.4) is 0 Å². The third-order valence-corrected chi connectivity index (χ3v) is 3.91. The molecule has 1 aromatic carbocycles. The highest BCUT2D eigenvalue weighted by Gasteiger charge is 2.30. The second kappa shape index (κ2) is 8.17. The van der Waals surface area contributed by atoms with E-state index in [0.717, 1.165) is 19.1 Å². The Morgan fingerprint density at radius 2 is 1.93 bits per heavy atom. The van der Waals surface area contributed by atoms with Crippen molar-refractivity contribution in [1.82, 2.24) is 9.78 Å². The minimum absolute atomic E-state index is 0.0526. The Balaban J connectivity index is 1.53. The molecule has 0 saturated heterocycles. The topological polar surface area (TPSA) is 69.3 Å². The molecule has 3 rings (SSSR count). The SMILES string of the molecule is CC(F)(F)c1ccc(Cn2ccc(NC(=O)OCc3cccc(C(F)(F)F)c3)n2)o1. The fourth-order valence-corrected chi connectivity index (χ4v) is 2.50. The molecule has 0 atom stereocenters. The number of halogens is 5. The molecule has 0 radical (unpaired) electrons. The predicted molar refractivity (Wildman–Crippen MR) is 94.9 cm³/mol. The smallest absolute Gasteiger partial charge is 0.416 e. The Kier molecular flexibility index (Phi) is 5.81. The van der Waals surface area contributed by atoms with E-state index in [1.807, 2.05) is 0 Å². The quantitative estimate of drug-likeness (QED) is 0.533. The van der Waals surface area contributed by atoms with E-state index < -0.39 is 29.5 Å². The van der Waals surface area contributed by atoms with Crippen LogP contribution in [0, 0.1) is 0 Å². The van der Waals surface area contributed by atoms with Crippen LogP contribution in [0.15, 0.2) is 53.1 Å². The molecular formula is C19H16F5N3O3. The summed E-state index contributed by atoms with van der Waals surface area (Å²) in [5, 5.41) is 6.35. The van der Waals surface area contributed by atoms with Crippen LogP contribution < -0.4 is 5.32 Å². The van der Waals surface area contributed by atoms with Gasteiger partial charge in [-0.2, -0.15) is 27.1 Å². The van der Waals surface area contributed by atoms with E-state index in [0.29, 0.717) is 0 Å². The summed E-state index contributed by atoms with van der Waals surface area (Å²) >= 11 is 0. The van der Waals surface area contributed by atoms with Gasteiger partial charge in [0.05, 0.1) is 12.1 Å². The number of hydrogen-bond acceptors (Lipinski definition) is 4. The van der Waals surface area contributed by atoms with Crippen molar-refractivity contribution in [2.45, 2.75) is 32.2 Å². The summed E-state index contributed by atoms with van der Waals surface area (Å²) < 4.78 is 75.8. The number of hydrogen-bond donors (Lipinski definition) is 1. The van der Waals surface area contributed by atoms with Gasteiger partial charge in [-0.1, -0.05) is 12.1 Å². The standard InChI is InChI=1S/C19H16F5N3O3/c1-18(20,21)15-6-5-14(30-15)10-27-8-7-16(26-27)25-17(28)29-11-12-3-2-4-13(9-12)19(22,23)24/h2-9H,10-11H2,1H3,(H,25,26,28). The fourth-order valence-electron chi connectivity index (χ4n) is 2.50. The molecule has 1 N–H and O–H groups in total. The molecule has 0 spiro atoms. The van der Waals surface area contributed by atoms with Crippen molar-refractivity contribution < 1.29 is 35.9 Å². The van der Waals surface area contributed by atoms with Gasteiger partial charge in [0.1, 0.15) is 12.4 Å². The first-order chi connectivity index (χ1) is 14.0. The number of aromatic nitrogens is 2. The van der Waals surface area contributed by atoms with Gasteiger partial charge in [-0.25, -0.2) is 4.79 Å². The van der Waals surface area contributed by atoms with Crippen molar-refractivity contribution in [3.63, 3.8) is 0 Å². The van der Waals surface area contributed by atoms with E-state index >= 15 is 0 Å². The highest BCUT2D eigenvalue weighted by Crippen LogP contribution is 2.30. The number of benzene rings is 1. The monoisotopic (exact) mass is 429 g/mol. The molecule has 1 amide bonds. The summed E-state index contributed by atoms with van der Waals surface area (Å²) in [4.78, 5) is 11.8. The average molecular weight is 429 g/mol. The third-order valence-electron chi connectivity index (χ3n) is 3.91. The van der Waals surface area contributed by atoms with E-state index in [-0.39, 0.29) is 30.3 Å². The maximum absolute atomic E-state index is 13.2. The molecule has 2 heterocycles. The third kappa shape index (κ3) is 5.58. The van der Waals surface area contributed by atoms with Crippen molar-refractivity contribution in [2.75, 3.05) is 5.32 Å². The van der Waals surface area contributed by atoms with Crippen LogP contribution >= 0.6 is 0 Å². The van der Waals surface area contributed by atoms with E-state index in [4.69, 9.17) is 9.15 Å². The van der Waals surface area contributed by atoms with E-state index in [9.17, 15) is 26.7 Å². The number of carbonyl (C=O) groups is 1. The van der Waals surface area contributed by atoms with E-state index in [1.165, 1.54) is 41.2 Å². The van der Waals surface area contributed by atoms with Crippen molar-refractivity contribution >= 4 is 11.9 Å². The number of carbonyl (C=O) groups excluding carboxylic acids is 1. The number of nitrogens with one attached hydrogen (secondary N) is 1. The number of anilines is 1. The van der Waals surface area contributed by atoms with Gasteiger partial charge in [-0.3, -0.25) is 10.00 Å². The summed E-state index contributed by atoms with van der Waals surface area (Å²) in [7, 11) is 0. The first kappa shape index (κ1) is 21.3. The van der Waals surface area contributed by atoms with Gasteiger partial charge >= 0.3 is 18.2 Å². The summed E-state index contributed by atoms with van der Waals surface area (Å²) in [5.74, 6) is -3.22. The van der Waals surface area contributed by atoms with Crippen molar-refractivity contribution in [2.24, 2.45) is 0 Å². The van der Waals surface area contributed by atoms with Gasteiger partial charge in [0, 0.05) is 19.2 Å². The Hall–Kier alpha value is -3.37. The molecule has 0 bridgehead atoms. The van der Waals surface area contributed by atoms with Gasteiger partial charge in [0.15, 0.2) is 11.6 Å². The zero-order chi connectivity index (χ0) is 21.9. The normalized spacial score (nSPS) is 12.1. The van der Waals surface area contributed by atoms with E-state index in [1.54, 1.807) is 0 Å². The molecule has 0 saturated carbocycles. The molecule has 0 aliphatic carbocycles. The Morgan fingerprint density at radius 1 is 1.17 bits per heavy atom. The molecular weight excluding hydrogens is 413 g/mol. The lowest BCUT2D eigenvalue weighted by Crippen LogP contribution is -2.14. The number of alkyl halides is 5. The number of rotatable bonds is 6. The average Bonchev–Trinajstić information content (AvgIpc) is 3.29. The molecule has 3 aromatic rings. The molecule has 160 valence electrons. The van der Waals surface area contributed by atoms with Crippen LogP contribution in [0.25, 0.3) is 0 Å². The highest BCUT2D eigenvalue weighted by atomic mass is 19.4. The summed E-state index contributed by atoms with van der Waals surface area (Å²) in [6, 6.07) is 8.42. The van der Waals surface area contributed by atoms with Crippen LogP contribution in [0.5, 0.6) is 0 Å². The molecule has 30 heavy (non-hydrogen) atoms. The molecule has 0 fully saturated rings. The van der Waals surface area contributed by atoms with Crippen LogP contribution in [-0.4, -0.2) is 15.9 Å². The second-order valence-electron chi connectivity index (χ2n) is 6.45. The van der Waals surface area contributed by atoms with Gasteiger partial charge in [0.2, 0.25) is 0 Å². The lowest BCUT2D eigenvalue weighted by atomic mass is 10.1. The minimum Gasteiger partial charge on any atom is -0.458 e. The van der Waals surface area contributed by atoms with Gasteiger partial charge in [-0.05, 0) is 29.8 Å². The van der Waals surface area contributed by atoms with Crippen LogP contribution in [-0.2, 0) is 30.0 Å². The van der Waals surface area contributed by atoms with Crippen LogP contribution in [0.1, 0.15) is 29.6 Å². The van der Waals surface area contributed by atoms with Crippen LogP contribution in [0.2, 0.25) is 0 Å². The number of amides is 1. The maximum Gasteiger partial charge on any atom is 0.416 e. The zero-order valence-corrected chi connectivity index (χ0v) is 15.5. The van der Waals surface area contributed by atoms with Gasteiger partial charge in [-0.15, -0.1) is 0 Å². The second-order valence-corrected chi connectivity index (χ2v) is 6.45. The molecule has 0 aliphatic heterocycles. The highest BCUT2D eigenvalue weighted by molar-refractivity contribution is 5.83. The Morgan fingerprint density at radius 3 is 2.60 bits per heavy atom. The first-order valence-electron chi connectivity index (χ1n) is 8.61. The summed E-state index contributed by atoms with van der Waals surface area (Å²) in [6.07, 6.45) is -3.93. The Labute approximate surface area is 167 Å². The van der Waals surface area contributed by atoms with Gasteiger partial charge < -0.3 is 9.15 Å². The molecule has 0 aliphatic rings. The molecule has 0 unspecified atom stereocenters. The summed E-state index contributed by atoms with van der Waals surface area (Å²) in [6.45, 7) is 0.407. The van der Waals surface area contributed by atoms with Crippen molar-refractivity contribution in [3.8, 4) is 0 Å². The fraction of sp³-hybridized carbons (Fsp3) is 0.263. The lowest BCUT2D eigenvalue weighted by molar-refractivity contribution is -0.137. The maximum atomic E-state index is 13.2. The molecule has 11 heteroatoms. The van der Waals surface area contributed by atoms with E-state index in [2.05, 4.69) is 10.4 Å². The first-order valence-corrected chi connectivity index (χ1v) is 8.61. The van der Waals surface area contributed by atoms with Gasteiger partial charge in [0.25, 0.3) is 0 Å². The predicted octanol–water partition coefficient (Wildman–Crippen LogP) is 5.40. The largest absolute Gasteiger partial charge is 0.458 e. The number of nitrogens with zero attached hydrogens (tertiary/aromatic N) is 2. The molecule has 2 aromatic heterocycles.